The van der Waals surface area contributed by atoms with Crippen molar-refractivity contribution in [3.63, 3.8) is 0 Å². The van der Waals surface area contributed by atoms with Crippen LogP contribution in [-0.2, 0) is 13.5 Å². The number of rotatable bonds is 5. The van der Waals surface area contributed by atoms with E-state index in [1.54, 1.807) is 9.96 Å². The van der Waals surface area contributed by atoms with Crippen molar-refractivity contribution < 1.29 is 4.57 Å². The third kappa shape index (κ3) is 4.67. The van der Waals surface area contributed by atoms with Gasteiger partial charge in [-0.3, -0.25) is 0 Å². The average molecular weight is 425 g/mol. The second-order valence-corrected chi connectivity index (χ2v) is 20.7. The normalized spacial score (nSPS) is 15.7. The van der Waals surface area contributed by atoms with Crippen molar-refractivity contribution in [2.24, 2.45) is 13.0 Å². The molecule has 1 aliphatic rings. The van der Waals surface area contributed by atoms with Gasteiger partial charge in [-0.05, 0) is 0 Å². The fraction of sp³-hybridized carbons (Fsp3) is 0.560. The van der Waals surface area contributed by atoms with Crippen LogP contribution < -0.4 is 8.96 Å². The Labute approximate surface area is 169 Å². The topological polar surface area (TPSA) is 3.88 Å². The van der Waals surface area contributed by atoms with Gasteiger partial charge in [0.05, 0.1) is 0 Å². The van der Waals surface area contributed by atoms with Crippen molar-refractivity contribution in [2.45, 2.75) is 76.1 Å². The van der Waals surface area contributed by atoms with Crippen LogP contribution in [-0.4, -0.2) is 13.3 Å². The molecule has 1 aromatic heterocycles. The van der Waals surface area contributed by atoms with E-state index in [1.807, 2.05) is 0 Å². The summed E-state index contributed by atoms with van der Waals surface area (Å²) in [5, 5.41) is 0. The van der Waals surface area contributed by atoms with Crippen LogP contribution in [0, 0.1) is 12.8 Å². The second kappa shape index (κ2) is 8.11. The Kier molecular flexibility index (Phi) is 6.20. The van der Waals surface area contributed by atoms with Crippen LogP contribution in [0.2, 0.25) is 17.3 Å². The molecule has 0 N–H and O–H groups in total. The molecule has 2 heteroatoms. The maximum atomic E-state index is 2.56. The molecule has 3 rings (SSSR count). The maximum absolute atomic E-state index is 2.56. The molecular weight excluding hydrogens is 387 g/mol. The van der Waals surface area contributed by atoms with Gasteiger partial charge in [-0.2, -0.15) is 0 Å². The quantitative estimate of drug-likeness (QED) is 0.416. The van der Waals surface area contributed by atoms with Crippen LogP contribution in [0.1, 0.15) is 62.1 Å². The van der Waals surface area contributed by atoms with Crippen LogP contribution in [0.5, 0.6) is 0 Å². The summed E-state index contributed by atoms with van der Waals surface area (Å²) in [4.78, 5) is 0. The number of aryl methyl sites for hydroxylation is 2. The van der Waals surface area contributed by atoms with E-state index in [9.17, 15) is 0 Å². The number of nitrogens with zero attached hydrogens (tertiary/aromatic N) is 1. The van der Waals surface area contributed by atoms with Crippen molar-refractivity contribution in [3.05, 3.63) is 47.2 Å². The van der Waals surface area contributed by atoms with Crippen molar-refractivity contribution in [1.29, 1.82) is 0 Å². The zero-order valence-electron chi connectivity index (χ0n) is 18.5. The van der Waals surface area contributed by atoms with E-state index in [2.05, 4.69) is 80.1 Å². The fourth-order valence-corrected chi connectivity index (χ4v) is 8.36. The molecule has 2 aromatic rings. The summed E-state index contributed by atoms with van der Waals surface area (Å²) in [6, 6.07) is 9.67. The summed E-state index contributed by atoms with van der Waals surface area (Å²) in [6.45, 7) is 6.88. The first-order chi connectivity index (χ1) is 12.7. The van der Waals surface area contributed by atoms with Crippen molar-refractivity contribution >= 4 is 17.7 Å². The monoisotopic (exact) mass is 426 g/mol. The number of hydrogen-bond acceptors (Lipinski definition) is 0. The Morgan fingerprint density at radius 2 is 1.74 bits per heavy atom. The van der Waals surface area contributed by atoms with Gasteiger partial charge < -0.3 is 0 Å². The fourth-order valence-electron chi connectivity index (χ4n) is 4.75. The molecule has 0 radical (unpaired) electrons. The molecular formula is C25H38GeN+. The van der Waals surface area contributed by atoms with Gasteiger partial charge >= 0.3 is 170 Å². The van der Waals surface area contributed by atoms with Gasteiger partial charge in [-0.15, -0.1) is 0 Å². The number of hydrogen-bond donors (Lipinski definition) is 0. The summed E-state index contributed by atoms with van der Waals surface area (Å²) in [7, 11) is 2.24. The molecule has 1 aromatic carbocycles. The van der Waals surface area contributed by atoms with Gasteiger partial charge in [0, 0.05) is 0 Å². The van der Waals surface area contributed by atoms with Crippen LogP contribution in [0.15, 0.2) is 30.5 Å². The molecule has 0 spiro atoms. The minimum atomic E-state index is -1.90. The van der Waals surface area contributed by atoms with Crippen LogP contribution in [0.4, 0.5) is 0 Å². The minimum absolute atomic E-state index is 0.707. The average Bonchev–Trinajstić information content (AvgIpc) is 3.08. The molecule has 0 unspecified atom stereocenters. The Morgan fingerprint density at radius 1 is 1.07 bits per heavy atom. The zero-order valence-corrected chi connectivity index (χ0v) is 20.6. The predicted octanol–water partition coefficient (Wildman–Crippen LogP) is 5.89. The summed E-state index contributed by atoms with van der Waals surface area (Å²) in [5.41, 5.74) is 7.34. The van der Waals surface area contributed by atoms with Gasteiger partial charge in [0.2, 0.25) is 0 Å². The third-order valence-electron chi connectivity index (χ3n) is 6.12. The number of benzene rings is 1. The van der Waals surface area contributed by atoms with Gasteiger partial charge in [-0.25, -0.2) is 0 Å². The van der Waals surface area contributed by atoms with E-state index in [0.717, 1.165) is 12.3 Å². The molecule has 0 saturated heterocycles. The molecule has 146 valence electrons. The standard InChI is InChI=1S/C25H38GeN/c1-18(2)14-20-12-13-22(19(3)15-20)25-16-23(21-10-8-9-11-21)24(17-27(25)7)26(4,5)6/h12-13,15-18,21H,8-11,14H2,1-7H3/q+1. The Morgan fingerprint density at radius 3 is 2.30 bits per heavy atom. The molecule has 1 fully saturated rings. The van der Waals surface area contributed by atoms with Crippen molar-refractivity contribution in [2.75, 3.05) is 0 Å². The van der Waals surface area contributed by atoms with Gasteiger partial charge in [0.25, 0.3) is 0 Å². The van der Waals surface area contributed by atoms with Gasteiger partial charge in [0.15, 0.2) is 0 Å². The van der Waals surface area contributed by atoms with E-state index in [-0.39, 0.29) is 0 Å². The SMILES string of the molecule is Cc1cc(CC(C)C)ccc1-c1cc(C2CCCC2)[c]([Ge]([CH3])([CH3])[CH3])c[n+]1C. The van der Waals surface area contributed by atoms with Crippen molar-refractivity contribution in [3.8, 4) is 11.3 Å². The van der Waals surface area contributed by atoms with Crippen LogP contribution in [0.3, 0.4) is 0 Å². The second-order valence-electron chi connectivity index (χ2n) is 10.1. The molecule has 0 bridgehead atoms. The Hall–Kier alpha value is -1.09. The van der Waals surface area contributed by atoms with Gasteiger partial charge in [-0.1, -0.05) is 0 Å². The molecule has 1 heterocycles. The zero-order chi connectivity index (χ0) is 19.8. The molecule has 1 aliphatic carbocycles. The van der Waals surface area contributed by atoms with E-state index >= 15 is 0 Å². The third-order valence-corrected chi connectivity index (χ3v) is 10.4. The molecule has 1 saturated carbocycles. The van der Waals surface area contributed by atoms with E-state index in [1.165, 1.54) is 48.1 Å². The molecule has 0 amide bonds. The molecule has 0 aliphatic heterocycles. The van der Waals surface area contributed by atoms with Crippen LogP contribution >= 0.6 is 0 Å². The molecule has 27 heavy (non-hydrogen) atoms. The van der Waals surface area contributed by atoms with Gasteiger partial charge in [0.1, 0.15) is 0 Å². The van der Waals surface area contributed by atoms with E-state index < -0.39 is 13.3 Å². The molecule has 0 atom stereocenters. The van der Waals surface area contributed by atoms with E-state index in [0.29, 0.717) is 5.92 Å². The first-order valence-electron chi connectivity index (χ1n) is 10.8. The van der Waals surface area contributed by atoms with Crippen LogP contribution in [0.25, 0.3) is 11.3 Å². The predicted molar refractivity (Wildman–Crippen MR) is 121 cm³/mol. The summed E-state index contributed by atoms with van der Waals surface area (Å²) >= 11 is -1.90. The summed E-state index contributed by atoms with van der Waals surface area (Å²) in [5.74, 6) is 9.11. The Bertz CT molecular complexity index is 808. The first-order valence-corrected chi connectivity index (χ1v) is 18.1. The molecule has 1 nitrogen and oxygen atoms in total. The van der Waals surface area contributed by atoms with Crippen molar-refractivity contribution in [1.82, 2.24) is 0 Å². The summed E-state index contributed by atoms with van der Waals surface area (Å²) < 4.78 is 4.11. The first kappa shape index (κ1) is 20.6. The number of aromatic nitrogens is 1. The Balaban J connectivity index is 2.09. The number of pyridine rings is 1. The summed E-state index contributed by atoms with van der Waals surface area (Å²) in [6.07, 6.45) is 9.22. The van der Waals surface area contributed by atoms with E-state index in [4.69, 9.17) is 0 Å².